The molecule has 1 aliphatic rings. The topological polar surface area (TPSA) is 87.8 Å². The van der Waals surface area contributed by atoms with Crippen LogP contribution in [-0.2, 0) is 11.3 Å². The Hall–Kier alpha value is -0.940. The average Bonchev–Trinajstić information content (AvgIpc) is 2.95. The van der Waals surface area contributed by atoms with E-state index in [4.69, 9.17) is 9.26 Å². The fourth-order valence-electron chi connectivity index (χ4n) is 2.69. The van der Waals surface area contributed by atoms with Crippen LogP contribution in [0.4, 0.5) is 0 Å². The third-order valence-electron chi connectivity index (χ3n) is 3.64. The first kappa shape index (κ1) is 22.1. The van der Waals surface area contributed by atoms with Gasteiger partial charge < -0.3 is 19.9 Å². The van der Waals surface area contributed by atoms with E-state index in [1.54, 1.807) is 6.92 Å². The number of guanidine groups is 1. The first-order chi connectivity index (χ1) is 11.6. The zero-order valence-electron chi connectivity index (χ0n) is 15.6. The van der Waals surface area contributed by atoms with Crippen molar-refractivity contribution in [1.82, 2.24) is 25.7 Å². The fourth-order valence-corrected chi connectivity index (χ4v) is 2.69. The number of morpholine rings is 1. The van der Waals surface area contributed by atoms with Crippen LogP contribution >= 0.6 is 24.0 Å². The van der Waals surface area contributed by atoms with Crippen LogP contribution in [0.25, 0.3) is 0 Å². The lowest BCUT2D eigenvalue weighted by molar-refractivity contribution is -0.0284. The van der Waals surface area contributed by atoms with E-state index in [-0.39, 0.29) is 30.1 Å². The van der Waals surface area contributed by atoms with Gasteiger partial charge in [0.1, 0.15) is 6.54 Å². The molecule has 25 heavy (non-hydrogen) atoms. The number of nitrogens with zero attached hydrogens (tertiary/aromatic N) is 4. The minimum atomic E-state index is 0. The molecule has 1 aliphatic heterocycles. The van der Waals surface area contributed by atoms with E-state index in [0.29, 0.717) is 24.2 Å². The third kappa shape index (κ3) is 8.32. The van der Waals surface area contributed by atoms with Gasteiger partial charge in [0, 0.05) is 39.6 Å². The minimum Gasteiger partial charge on any atom is -0.374 e. The Balaban J connectivity index is 0.00000312. The Labute approximate surface area is 167 Å². The summed E-state index contributed by atoms with van der Waals surface area (Å²) in [5.41, 5.74) is 0. The molecule has 9 heteroatoms. The van der Waals surface area contributed by atoms with Gasteiger partial charge in [0.15, 0.2) is 11.8 Å². The summed E-state index contributed by atoms with van der Waals surface area (Å²) in [6.07, 6.45) is 0.175. The van der Waals surface area contributed by atoms with Crippen LogP contribution in [0.2, 0.25) is 0 Å². The number of hydrogen-bond donors (Lipinski definition) is 2. The van der Waals surface area contributed by atoms with E-state index in [0.717, 1.165) is 45.3 Å². The summed E-state index contributed by atoms with van der Waals surface area (Å²) < 4.78 is 10.8. The predicted octanol–water partition coefficient (Wildman–Crippen LogP) is 1.41. The number of aliphatic imine (C=N–C) groups is 1. The number of nitrogens with one attached hydrogen (secondary N) is 2. The highest BCUT2D eigenvalue weighted by Crippen LogP contribution is 2.07. The first-order valence-electron chi connectivity index (χ1n) is 8.72. The average molecular weight is 466 g/mol. The van der Waals surface area contributed by atoms with Crippen molar-refractivity contribution in [2.45, 2.75) is 40.3 Å². The molecule has 1 aromatic heterocycles. The minimum absolute atomic E-state index is 0. The lowest BCUT2D eigenvalue weighted by atomic mass is 10.2. The summed E-state index contributed by atoms with van der Waals surface area (Å²) in [5.74, 6) is 2.55. The molecule has 2 rings (SSSR count). The molecular formula is C16H31IN6O2. The third-order valence-corrected chi connectivity index (χ3v) is 3.64. The van der Waals surface area contributed by atoms with Crippen molar-refractivity contribution < 1.29 is 9.26 Å². The fraction of sp³-hybridized carbons (Fsp3) is 0.812. The Bertz CT molecular complexity index is 522. The Morgan fingerprint density at radius 3 is 2.84 bits per heavy atom. The molecule has 0 radical (unpaired) electrons. The van der Waals surface area contributed by atoms with Crippen molar-refractivity contribution in [3.05, 3.63) is 11.7 Å². The summed E-state index contributed by atoms with van der Waals surface area (Å²) in [4.78, 5) is 11.1. The van der Waals surface area contributed by atoms with E-state index < -0.39 is 0 Å². The van der Waals surface area contributed by atoms with Crippen LogP contribution in [0, 0.1) is 12.8 Å². The maximum Gasteiger partial charge on any atom is 0.223 e. The van der Waals surface area contributed by atoms with Gasteiger partial charge in [-0.15, -0.1) is 24.0 Å². The maximum absolute atomic E-state index is 5.86. The number of aryl methyl sites for hydroxylation is 1. The quantitative estimate of drug-likeness (QED) is 0.357. The summed E-state index contributed by atoms with van der Waals surface area (Å²) in [6, 6.07) is 0. The molecule has 0 aliphatic carbocycles. The Morgan fingerprint density at radius 1 is 1.40 bits per heavy atom. The van der Waals surface area contributed by atoms with Gasteiger partial charge in [-0.2, -0.15) is 4.98 Å². The van der Waals surface area contributed by atoms with Crippen LogP contribution in [0.15, 0.2) is 9.52 Å². The lowest BCUT2D eigenvalue weighted by Crippen LogP contribution is -2.50. The molecule has 0 aromatic carbocycles. The number of aromatic nitrogens is 2. The molecular weight excluding hydrogens is 435 g/mol. The molecule has 1 atom stereocenters. The number of rotatable bonds is 7. The van der Waals surface area contributed by atoms with Gasteiger partial charge >= 0.3 is 0 Å². The van der Waals surface area contributed by atoms with Gasteiger partial charge in [-0.1, -0.05) is 19.0 Å². The van der Waals surface area contributed by atoms with Crippen molar-refractivity contribution in [1.29, 1.82) is 0 Å². The van der Waals surface area contributed by atoms with Gasteiger partial charge in [-0.05, 0) is 12.8 Å². The van der Waals surface area contributed by atoms with E-state index in [2.05, 4.69) is 44.5 Å². The van der Waals surface area contributed by atoms with Crippen LogP contribution in [-0.4, -0.2) is 66.4 Å². The van der Waals surface area contributed by atoms with Crippen molar-refractivity contribution >= 4 is 29.9 Å². The predicted molar refractivity (Wildman–Crippen MR) is 108 cm³/mol. The highest BCUT2D eigenvalue weighted by Gasteiger charge is 2.21. The van der Waals surface area contributed by atoms with Gasteiger partial charge in [-0.25, -0.2) is 4.99 Å². The summed E-state index contributed by atoms with van der Waals surface area (Å²) >= 11 is 0. The van der Waals surface area contributed by atoms with E-state index in [9.17, 15) is 0 Å². The number of halogens is 1. The van der Waals surface area contributed by atoms with Crippen LogP contribution in [0.1, 0.15) is 32.5 Å². The molecule has 0 amide bonds. The zero-order valence-corrected chi connectivity index (χ0v) is 17.9. The molecule has 144 valence electrons. The zero-order chi connectivity index (χ0) is 17.4. The van der Waals surface area contributed by atoms with Crippen molar-refractivity contribution in [2.24, 2.45) is 10.9 Å². The van der Waals surface area contributed by atoms with Crippen molar-refractivity contribution in [3.8, 4) is 0 Å². The highest BCUT2D eigenvalue weighted by molar-refractivity contribution is 14.0. The Morgan fingerprint density at radius 2 is 2.20 bits per heavy atom. The molecule has 1 saturated heterocycles. The van der Waals surface area contributed by atoms with Gasteiger partial charge in [0.05, 0.1) is 12.7 Å². The highest BCUT2D eigenvalue weighted by atomic mass is 127. The van der Waals surface area contributed by atoms with E-state index in [1.807, 2.05) is 6.92 Å². The molecule has 0 bridgehead atoms. The molecule has 0 saturated carbocycles. The van der Waals surface area contributed by atoms with Gasteiger partial charge in [0.2, 0.25) is 5.89 Å². The smallest absolute Gasteiger partial charge is 0.223 e. The van der Waals surface area contributed by atoms with E-state index >= 15 is 0 Å². The second-order valence-corrected chi connectivity index (χ2v) is 6.45. The summed E-state index contributed by atoms with van der Waals surface area (Å²) in [6.45, 7) is 14.1. The normalized spacial score (nSPS) is 18.9. The number of ether oxygens (including phenoxy) is 1. The van der Waals surface area contributed by atoms with Gasteiger partial charge in [-0.3, -0.25) is 4.90 Å². The van der Waals surface area contributed by atoms with Gasteiger partial charge in [0.25, 0.3) is 0 Å². The van der Waals surface area contributed by atoms with Crippen LogP contribution in [0.3, 0.4) is 0 Å². The maximum atomic E-state index is 5.86. The van der Waals surface area contributed by atoms with Crippen molar-refractivity contribution in [2.75, 3.05) is 39.3 Å². The molecule has 2 heterocycles. The second-order valence-electron chi connectivity index (χ2n) is 6.45. The number of hydrogen-bond acceptors (Lipinski definition) is 6. The van der Waals surface area contributed by atoms with Crippen LogP contribution in [0.5, 0.6) is 0 Å². The second kappa shape index (κ2) is 11.6. The SMILES string of the molecule is CCNC(=NCc1noc(C)n1)NCC1CN(CC(C)C)CCO1.I. The molecule has 2 N–H and O–H groups in total. The molecule has 1 fully saturated rings. The molecule has 0 spiro atoms. The standard InChI is InChI=1S/C16H30N6O2.HI/c1-5-17-16(19-9-15-20-13(4)24-21-15)18-8-14-11-22(6-7-23-14)10-12(2)3;/h12,14H,5-11H2,1-4H3,(H2,17,18,19);1H. The van der Waals surface area contributed by atoms with E-state index in [1.165, 1.54) is 0 Å². The molecule has 1 unspecified atom stereocenters. The summed E-state index contributed by atoms with van der Waals surface area (Å²) in [5, 5.41) is 10.4. The molecule has 8 nitrogen and oxygen atoms in total. The van der Waals surface area contributed by atoms with Crippen molar-refractivity contribution in [3.63, 3.8) is 0 Å². The Kier molecular flexibility index (Phi) is 10.3. The monoisotopic (exact) mass is 466 g/mol. The lowest BCUT2D eigenvalue weighted by Gasteiger charge is -2.34. The van der Waals surface area contributed by atoms with Crippen LogP contribution < -0.4 is 10.6 Å². The summed E-state index contributed by atoms with van der Waals surface area (Å²) in [7, 11) is 0. The first-order valence-corrected chi connectivity index (χ1v) is 8.72. The largest absolute Gasteiger partial charge is 0.374 e. The molecule has 1 aromatic rings.